The largest absolute Gasteiger partial charge is 0.351 e. The molecule has 180 valence electrons. The average molecular weight is 480 g/mol. The number of hydrogen-bond acceptors (Lipinski definition) is 0. The number of para-hydroxylation sites is 1. The van der Waals surface area contributed by atoms with Crippen LogP contribution in [0.1, 0.15) is 5.56 Å². The lowest BCUT2D eigenvalue weighted by atomic mass is 10.1. The second-order valence-corrected chi connectivity index (χ2v) is 8.36. The molecule has 0 amide bonds. The summed E-state index contributed by atoms with van der Waals surface area (Å²) in [6.45, 7) is 2.14. The van der Waals surface area contributed by atoms with E-state index < -0.39 is 23.3 Å². The van der Waals surface area contributed by atoms with E-state index in [9.17, 15) is 17.6 Å². The van der Waals surface area contributed by atoms with Gasteiger partial charge < -0.3 is 13.7 Å². The lowest BCUT2D eigenvalue weighted by Crippen LogP contribution is -1.99. The van der Waals surface area contributed by atoms with Gasteiger partial charge in [0.1, 0.15) is 0 Å². The van der Waals surface area contributed by atoms with Crippen LogP contribution in [0.25, 0.3) is 32.7 Å². The molecule has 0 spiro atoms. The Bertz CT molecular complexity index is 1640. The number of fused-ring (bicyclic) bond motifs is 3. The number of aromatic nitrogens is 3. The number of halogens is 4. The minimum absolute atomic E-state index is 0.260. The van der Waals surface area contributed by atoms with Crippen molar-refractivity contribution in [2.75, 3.05) is 0 Å². The Morgan fingerprint density at radius 1 is 0.514 bits per heavy atom. The summed E-state index contributed by atoms with van der Waals surface area (Å²) < 4.78 is 57.1. The number of hydrogen-bond donors (Lipinski definition) is 0. The predicted molar refractivity (Wildman–Crippen MR) is 133 cm³/mol. The van der Waals surface area contributed by atoms with E-state index in [-0.39, 0.29) is 10.9 Å². The summed E-state index contributed by atoms with van der Waals surface area (Å²) >= 11 is 0. The molecule has 0 saturated carbocycles. The van der Waals surface area contributed by atoms with E-state index in [4.69, 9.17) is 0 Å². The van der Waals surface area contributed by atoms with Crippen LogP contribution in [0.2, 0.25) is 0 Å². The molecule has 0 aliphatic heterocycles. The highest BCUT2D eigenvalue weighted by Gasteiger charge is 2.21. The maximum absolute atomic E-state index is 13.1. The summed E-state index contributed by atoms with van der Waals surface area (Å²) in [5.41, 5.74) is 3.68. The fourth-order valence-corrected chi connectivity index (χ4v) is 4.07. The monoisotopic (exact) mass is 479 g/mol. The Morgan fingerprint density at radius 2 is 1.09 bits per heavy atom. The van der Waals surface area contributed by atoms with E-state index in [0.717, 1.165) is 0 Å². The SMILES string of the molecule is Cc1cccc2c1ccn2C.Cn1ccc2c(F)c(F)c(F)c(F)c21.Cn1ccc2ccccc21. The molecule has 0 N–H and O–H groups in total. The van der Waals surface area contributed by atoms with Crippen molar-refractivity contribution in [1.82, 2.24) is 13.7 Å². The first kappa shape index (κ1) is 24.1. The normalized spacial score (nSPS) is 10.9. The number of rotatable bonds is 0. The van der Waals surface area contributed by atoms with Crippen LogP contribution in [0.15, 0.2) is 79.3 Å². The van der Waals surface area contributed by atoms with Gasteiger partial charge in [-0.05, 0) is 48.2 Å². The molecule has 0 aliphatic carbocycles. The molecule has 3 aromatic heterocycles. The van der Waals surface area contributed by atoms with Gasteiger partial charge in [-0.2, -0.15) is 0 Å². The topological polar surface area (TPSA) is 14.8 Å². The molecule has 6 aromatic rings. The molecule has 0 radical (unpaired) electrons. The zero-order valence-electron chi connectivity index (χ0n) is 19.9. The van der Waals surface area contributed by atoms with Crippen LogP contribution >= 0.6 is 0 Å². The minimum atomic E-state index is -1.78. The van der Waals surface area contributed by atoms with Gasteiger partial charge in [0.05, 0.1) is 5.52 Å². The Labute approximate surface area is 200 Å². The molecule has 0 unspecified atom stereocenters. The molecule has 0 fully saturated rings. The molecule has 3 nitrogen and oxygen atoms in total. The second-order valence-electron chi connectivity index (χ2n) is 8.36. The van der Waals surface area contributed by atoms with Gasteiger partial charge in [0.2, 0.25) is 0 Å². The zero-order valence-corrected chi connectivity index (χ0v) is 19.9. The second kappa shape index (κ2) is 9.70. The molecule has 0 atom stereocenters. The fourth-order valence-electron chi connectivity index (χ4n) is 4.07. The lowest BCUT2D eigenvalue weighted by Gasteiger charge is -2.02. The molecule has 0 aliphatic rings. The number of benzene rings is 3. The van der Waals surface area contributed by atoms with E-state index in [1.807, 2.05) is 0 Å². The van der Waals surface area contributed by atoms with Gasteiger partial charge in [-0.15, -0.1) is 0 Å². The van der Waals surface area contributed by atoms with Crippen molar-refractivity contribution >= 4 is 32.7 Å². The predicted octanol–water partition coefficient (Wildman–Crippen LogP) is 7.40. The molecule has 6 rings (SSSR count). The van der Waals surface area contributed by atoms with E-state index in [2.05, 4.69) is 97.1 Å². The molecular formula is C28H25F4N3. The van der Waals surface area contributed by atoms with Crippen molar-refractivity contribution in [1.29, 1.82) is 0 Å². The first-order valence-corrected chi connectivity index (χ1v) is 11.0. The highest BCUT2D eigenvalue weighted by molar-refractivity contribution is 5.83. The standard InChI is InChI=1S/C10H11N.C9H5F4N.C9H9N/c1-8-4-3-5-10-9(8)6-7-11(10)2;1-14-3-2-4-5(10)6(11)7(12)8(13)9(4)14;1-10-7-6-8-4-2-3-5-9(8)10/h3-7H,1-2H3;2-3H,1H3;2-7H,1H3. The zero-order chi connectivity index (χ0) is 25.3. The van der Waals surface area contributed by atoms with Crippen LogP contribution in [-0.4, -0.2) is 13.7 Å². The van der Waals surface area contributed by atoms with Crippen LogP contribution in [0.3, 0.4) is 0 Å². The third kappa shape index (κ3) is 4.54. The summed E-state index contributed by atoms with van der Waals surface area (Å²) in [5.74, 6) is -6.29. The van der Waals surface area contributed by atoms with Crippen molar-refractivity contribution in [2.24, 2.45) is 21.1 Å². The van der Waals surface area contributed by atoms with Gasteiger partial charge in [0.15, 0.2) is 23.3 Å². The van der Waals surface area contributed by atoms with Crippen LogP contribution in [0, 0.1) is 30.2 Å². The maximum Gasteiger partial charge on any atom is 0.199 e. The van der Waals surface area contributed by atoms with Gasteiger partial charge in [-0.3, -0.25) is 0 Å². The molecule has 3 aromatic carbocycles. The average Bonchev–Trinajstić information content (AvgIpc) is 3.55. The summed E-state index contributed by atoms with van der Waals surface area (Å²) in [5, 5.41) is 2.41. The van der Waals surface area contributed by atoms with Crippen LogP contribution in [-0.2, 0) is 21.1 Å². The molecular weight excluding hydrogens is 454 g/mol. The minimum Gasteiger partial charge on any atom is -0.351 e. The maximum atomic E-state index is 13.1. The first-order valence-electron chi connectivity index (χ1n) is 11.0. The lowest BCUT2D eigenvalue weighted by molar-refractivity contribution is 0.416. The van der Waals surface area contributed by atoms with Gasteiger partial charge in [-0.1, -0.05) is 30.3 Å². The Balaban J connectivity index is 0.000000126. The summed E-state index contributed by atoms with van der Waals surface area (Å²) in [6.07, 6.45) is 5.50. The van der Waals surface area contributed by atoms with E-state index in [1.54, 1.807) is 0 Å². The van der Waals surface area contributed by atoms with E-state index in [0.29, 0.717) is 0 Å². The number of aryl methyl sites for hydroxylation is 4. The number of nitrogens with zero attached hydrogens (tertiary/aromatic N) is 3. The third-order valence-corrected chi connectivity index (χ3v) is 6.04. The van der Waals surface area contributed by atoms with Gasteiger partial charge in [0, 0.05) is 61.5 Å². The summed E-state index contributed by atoms with van der Waals surface area (Å²) in [7, 11) is 5.55. The Hall–Kier alpha value is -4.00. The van der Waals surface area contributed by atoms with Crippen molar-refractivity contribution in [2.45, 2.75) is 6.92 Å². The van der Waals surface area contributed by atoms with Crippen molar-refractivity contribution in [3.8, 4) is 0 Å². The quantitative estimate of drug-likeness (QED) is 0.123. The van der Waals surface area contributed by atoms with Crippen molar-refractivity contribution in [3.63, 3.8) is 0 Å². The molecule has 3 heterocycles. The van der Waals surface area contributed by atoms with E-state index in [1.165, 1.54) is 51.2 Å². The van der Waals surface area contributed by atoms with E-state index >= 15 is 0 Å². The first-order chi connectivity index (χ1) is 16.7. The Morgan fingerprint density at radius 3 is 1.80 bits per heavy atom. The highest BCUT2D eigenvalue weighted by atomic mass is 19.2. The molecule has 35 heavy (non-hydrogen) atoms. The molecule has 0 bridgehead atoms. The fraction of sp³-hybridized carbons (Fsp3) is 0.143. The molecule has 0 saturated heterocycles. The van der Waals surface area contributed by atoms with Crippen molar-refractivity contribution in [3.05, 3.63) is 108 Å². The van der Waals surface area contributed by atoms with Crippen LogP contribution in [0.5, 0.6) is 0 Å². The van der Waals surface area contributed by atoms with Gasteiger partial charge in [0.25, 0.3) is 0 Å². The van der Waals surface area contributed by atoms with Crippen LogP contribution < -0.4 is 0 Å². The van der Waals surface area contributed by atoms with Crippen molar-refractivity contribution < 1.29 is 17.6 Å². The summed E-state index contributed by atoms with van der Waals surface area (Å²) in [6, 6.07) is 20.2. The highest BCUT2D eigenvalue weighted by Crippen LogP contribution is 2.26. The molecule has 7 heteroatoms. The van der Waals surface area contributed by atoms with Gasteiger partial charge >= 0.3 is 0 Å². The summed E-state index contributed by atoms with van der Waals surface area (Å²) in [4.78, 5) is 0. The third-order valence-electron chi connectivity index (χ3n) is 6.04. The smallest absolute Gasteiger partial charge is 0.199 e. The van der Waals surface area contributed by atoms with Crippen LogP contribution in [0.4, 0.5) is 17.6 Å². The Kier molecular flexibility index (Phi) is 6.69. The van der Waals surface area contributed by atoms with Gasteiger partial charge in [-0.25, -0.2) is 17.6 Å².